The molecule has 1 aliphatic carbocycles. The summed E-state index contributed by atoms with van der Waals surface area (Å²) < 4.78 is 27.2. The van der Waals surface area contributed by atoms with E-state index < -0.39 is 10.0 Å². The number of nitrogens with one attached hydrogen (secondary N) is 1. The van der Waals surface area contributed by atoms with Gasteiger partial charge in [-0.05, 0) is 60.7 Å². The lowest BCUT2D eigenvalue weighted by molar-refractivity contribution is -0.121. The van der Waals surface area contributed by atoms with Crippen LogP contribution in [0.4, 0.5) is 0 Å². The molecule has 1 saturated heterocycles. The first-order valence-corrected chi connectivity index (χ1v) is 13.3. The molecule has 2 aliphatic rings. The number of piperidine rings is 1. The van der Waals surface area contributed by atoms with Crippen LogP contribution in [-0.2, 0) is 21.2 Å². The van der Waals surface area contributed by atoms with Crippen molar-refractivity contribution in [2.45, 2.75) is 62.3 Å². The molecule has 0 bridgehead atoms. The van der Waals surface area contributed by atoms with E-state index in [0.29, 0.717) is 23.9 Å². The second-order valence-corrected chi connectivity index (χ2v) is 11.3. The van der Waals surface area contributed by atoms with Crippen LogP contribution in [0.2, 0.25) is 0 Å². The van der Waals surface area contributed by atoms with Gasteiger partial charge in [-0.1, -0.05) is 37.5 Å². The second kappa shape index (κ2) is 9.62. The van der Waals surface area contributed by atoms with Crippen LogP contribution in [0.5, 0.6) is 0 Å². The Kier molecular flexibility index (Phi) is 6.91. The quantitative estimate of drug-likeness (QED) is 0.680. The van der Waals surface area contributed by atoms with Crippen LogP contribution in [0.1, 0.15) is 61.4 Å². The number of thiophene rings is 1. The minimum Gasteiger partial charge on any atom is -0.348 e. The molecule has 1 amide bonds. The van der Waals surface area contributed by atoms with Crippen LogP contribution >= 0.6 is 11.3 Å². The molecule has 1 unspecified atom stereocenters. The second-order valence-electron chi connectivity index (χ2n) is 8.39. The van der Waals surface area contributed by atoms with Crippen molar-refractivity contribution < 1.29 is 13.2 Å². The van der Waals surface area contributed by atoms with Gasteiger partial charge in [0, 0.05) is 18.0 Å². The average molecular weight is 447 g/mol. The van der Waals surface area contributed by atoms with Crippen molar-refractivity contribution in [2.24, 2.45) is 5.92 Å². The molecule has 7 heteroatoms. The molecule has 1 aromatic heterocycles. The third-order valence-electron chi connectivity index (χ3n) is 6.28. The summed E-state index contributed by atoms with van der Waals surface area (Å²) in [7, 11) is -3.43. The molecular formula is C23H30N2O3S2. The van der Waals surface area contributed by atoms with Gasteiger partial charge >= 0.3 is 0 Å². The number of carbonyl (C=O) groups is 1. The highest BCUT2D eigenvalue weighted by molar-refractivity contribution is 7.89. The molecule has 1 atom stereocenters. The number of carbonyl (C=O) groups excluding carboxylic acids is 1. The van der Waals surface area contributed by atoms with Gasteiger partial charge in [0.2, 0.25) is 15.9 Å². The third-order valence-corrected chi connectivity index (χ3v) is 9.15. The molecule has 1 aromatic carbocycles. The molecule has 5 nitrogen and oxygen atoms in total. The van der Waals surface area contributed by atoms with E-state index in [2.05, 4.69) is 16.8 Å². The zero-order chi connectivity index (χ0) is 21.0. The Labute approximate surface area is 183 Å². The Hall–Kier alpha value is -1.70. The zero-order valence-corrected chi connectivity index (χ0v) is 18.9. The number of rotatable bonds is 7. The van der Waals surface area contributed by atoms with Crippen molar-refractivity contribution >= 4 is 27.3 Å². The van der Waals surface area contributed by atoms with E-state index in [0.717, 1.165) is 37.7 Å². The first kappa shape index (κ1) is 21.5. The lowest BCUT2D eigenvalue weighted by Crippen LogP contribution is -2.35. The molecule has 0 spiro atoms. The molecule has 2 fully saturated rings. The Morgan fingerprint density at radius 1 is 1.03 bits per heavy atom. The standard InChI is InChI=1S/C23H30N2O3S2/c26-22(24-23(19-7-2-3-8-19)21-9-6-16-29-21)17-18-10-12-20(13-11-18)30(27,28)25-14-4-1-5-15-25/h6,9-13,16,19,23H,1-5,7-8,14-15,17H2,(H,24,26). The fourth-order valence-electron chi connectivity index (χ4n) is 4.62. The van der Waals surface area contributed by atoms with Crippen molar-refractivity contribution in [1.29, 1.82) is 0 Å². The summed E-state index contributed by atoms with van der Waals surface area (Å²) in [5, 5.41) is 5.31. The maximum atomic E-state index is 12.8. The number of nitrogens with zero attached hydrogens (tertiary/aromatic N) is 1. The Morgan fingerprint density at radius 3 is 2.37 bits per heavy atom. The monoisotopic (exact) mass is 446 g/mol. The minimum absolute atomic E-state index is 0.00747. The predicted octanol–water partition coefficient (Wildman–Crippen LogP) is 4.51. The fourth-order valence-corrected chi connectivity index (χ4v) is 7.01. The highest BCUT2D eigenvalue weighted by Crippen LogP contribution is 2.37. The summed E-state index contributed by atoms with van der Waals surface area (Å²) in [5.74, 6) is 0.497. The predicted molar refractivity (Wildman–Crippen MR) is 120 cm³/mol. The number of hydrogen-bond donors (Lipinski definition) is 1. The zero-order valence-electron chi connectivity index (χ0n) is 17.3. The Balaban J connectivity index is 1.40. The molecule has 1 N–H and O–H groups in total. The van der Waals surface area contributed by atoms with Crippen molar-refractivity contribution in [3.63, 3.8) is 0 Å². The molecule has 0 radical (unpaired) electrons. The molecule has 2 aromatic rings. The fraction of sp³-hybridized carbons (Fsp3) is 0.522. The number of benzene rings is 1. The normalized spacial score (nSPS) is 19.6. The average Bonchev–Trinajstić information content (AvgIpc) is 3.48. The van der Waals surface area contributed by atoms with Crippen LogP contribution in [0.3, 0.4) is 0 Å². The lowest BCUT2D eigenvalue weighted by atomic mass is 9.96. The van der Waals surface area contributed by atoms with Gasteiger partial charge in [0.05, 0.1) is 17.4 Å². The third kappa shape index (κ3) is 4.95. The van der Waals surface area contributed by atoms with Gasteiger partial charge < -0.3 is 5.32 Å². The molecule has 162 valence electrons. The molecular weight excluding hydrogens is 416 g/mol. The number of hydrogen-bond acceptors (Lipinski definition) is 4. The topological polar surface area (TPSA) is 66.5 Å². The van der Waals surface area contributed by atoms with Crippen molar-refractivity contribution in [3.8, 4) is 0 Å². The van der Waals surface area contributed by atoms with Gasteiger partial charge in [0.1, 0.15) is 0 Å². The van der Waals surface area contributed by atoms with Crippen LogP contribution < -0.4 is 5.32 Å². The largest absolute Gasteiger partial charge is 0.348 e. The van der Waals surface area contributed by atoms with Crippen LogP contribution in [0.25, 0.3) is 0 Å². The van der Waals surface area contributed by atoms with E-state index in [1.807, 2.05) is 6.07 Å². The molecule has 4 rings (SSSR count). The summed E-state index contributed by atoms with van der Waals surface area (Å²) >= 11 is 1.70. The maximum Gasteiger partial charge on any atom is 0.243 e. The lowest BCUT2D eigenvalue weighted by Gasteiger charge is -2.26. The summed E-state index contributed by atoms with van der Waals surface area (Å²) in [5.41, 5.74) is 0.835. The summed E-state index contributed by atoms with van der Waals surface area (Å²) in [6.07, 6.45) is 7.97. The van der Waals surface area contributed by atoms with E-state index in [1.54, 1.807) is 39.9 Å². The van der Waals surface area contributed by atoms with E-state index in [-0.39, 0.29) is 18.4 Å². The van der Waals surface area contributed by atoms with Crippen molar-refractivity contribution in [2.75, 3.05) is 13.1 Å². The first-order valence-electron chi connectivity index (χ1n) is 11.0. The van der Waals surface area contributed by atoms with E-state index in [1.165, 1.54) is 17.7 Å². The summed E-state index contributed by atoms with van der Waals surface area (Å²) in [6.45, 7) is 1.19. The SMILES string of the molecule is O=C(Cc1ccc(S(=O)(=O)N2CCCCC2)cc1)NC(c1cccs1)C1CCCC1. The minimum atomic E-state index is -3.43. The molecule has 2 heterocycles. The highest BCUT2D eigenvalue weighted by atomic mass is 32.2. The maximum absolute atomic E-state index is 12.8. The molecule has 30 heavy (non-hydrogen) atoms. The number of sulfonamides is 1. The van der Waals surface area contributed by atoms with Crippen LogP contribution in [0, 0.1) is 5.92 Å². The summed E-state index contributed by atoms with van der Waals surface area (Å²) in [4.78, 5) is 14.3. The molecule has 1 saturated carbocycles. The van der Waals surface area contributed by atoms with E-state index in [4.69, 9.17) is 0 Å². The van der Waals surface area contributed by atoms with Crippen LogP contribution in [0.15, 0.2) is 46.7 Å². The van der Waals surface area contributed by atoms with Gasteiger partial charge in [0.25, 0.3) is 0 Å². The van der Waals surface area contributed by atoms with E-state index in [9.17, 15) is 13.2 Å². The van der Waals surface area contributed by atoms with Gasteiger partial charge in [-0.15, -0.1) is 11.3 Å². The molecule has 1 aliphatic heterocycles. The van der Waals surface area contributed by atoms with Gasteiger partial charge in [-0.3, -0.25) is 4.79 Å². The van der Waals surface area contributed by atoms with E-state index >= 15 is 0 Å². The Bertz CT molecular complexity index is 927. The van der Waals surface area contributed by atoms with Crippen molar-refractivity contribution in [1.82, 2.24) is 9.62 Å². The van der Waals surface area contributed by atoms with Crippen LogP contribution in [-0.4, -0.2) is 31.7 Å². The smallest absolute Gasteiger partial charge is 0.243 e. The van der Waals surface area contributed by atoms with Gasteiger partial charge in [-0.2, -0.15) is 4.31 Å². The van der Waals surface area contributed by atoms with Gasteiger partial charge in [0.15, 0.2) is 0 Å². The number of amides is 1. The van der Waals surface area contributed by atoms with Crippen molar-refractivity contribution in [3.05, 3.63) is 52.2 Å². The summed E-state index contributed by atoms with van der Waals surface area (Å²) in [6, 6.07) is 11.0. The Morgan fingerprint density at radius 2 is 1.73 bits per heavy atom. The highest BCUT2D eigenvalue weighted by Gasteiger charge is 2.29. The first-order chi connectivity index (χ1) is 14.5. The van der Waals surface area contributed by atoms with Gasteiger partial charge in [-0.25, -0.2) is 8.42 Å².